The normalized spacial score (nSPS) is 12.2. The lowest BCUT2D eigenvalue weighted by atomic mass is 10.2. The van der Waals surface area contributed by atoms with Crippen molar-refractivity contribution in [3.05, 3.63) is 32.8 Å². The van der Waals surface area contributed by atoms with E-state index in [1.165, 1.54) is 17.0 Å². The SMILES string of the molecule is CCOC(=O)Oc1cn(C(C)CO)c2c(Cl)c(Cl)ncc2c1=O. The number of hydrogen-bond acceptors (Lipinski definition) is 6. The minimum Gasteiger partial charge on any atom is -0.434 e. The molecule has 2 aromatic heterocycles. The molecule has 0 aromatic carbocycles. The lowest BCUT2D eigenvalue weighted by Crippen LogP contribution is -2.21. The van der Waals surface area contributed by atoms with Crippen LogP contribution in [0.5, 0.6) is 5.75 Å². The van der Waals surface area contributed by atoms with Crippen molar-refractivity contribution in [3.63, 3.8) is 0 Å². The molecule has 1 N–H and O–H groups in total. The Balaban J connectivity index is 2.73. The first kappa shape index (κ1) is 17.5. The number of ether oxygens (including phenoxy) is 2. The molecule has 0 fully saturated rings. The molecule has 2 rings (SSSR count). The van der Waals surface area contributed by atoms with Gasteiger partial charge in [0.1, 0.15) is 10.2 Å². The molecule has 23 heavy (non-hydrogen) atoms. The number of rotatable bonds is 4. The Hall–Kier alpha value is -1.83. The third kappa shape index (κ3) is 3.41. The van der Waals surface area contributed by atoms with E-state index in [9.17, 15) is 14.7 Å². The number of hydrogen-bond donors (Lipinski definition) is 1. The molecule has 2 heterocycles. The monoisotopic (exact) mass is 360 g/mol. The smallest absolute Gasteiger partial charge is 0.434 e. The maximum atomic E-state index is 12.4. The predicted molar refractivity (Wildman–Crippen MR) is 85.5 cm³/mol. The van der Waals surface area contributed by atoms with Crippen molar-refractivity contribution in [1.82, 2.24) is 9.55 Å². The van der Waals surface area contributed by atoms with Gasteiger partial charge < -0.3 is 19.1 Å². The Bertz CT molecular complexity index is 806. The van der Waals surface area contributed by atoms with Gasteiger partial charge in [-0.25, -0.2) is 9.78 Å². The maximum absolute atomic E-state index is 12.4. The summed E-state index contributed by atoms with van der Waals surface area (Å²) in [5, 5.41) is 9.62. The van der Waals surface area contributed by atoms with E-state index in [1.807, 2.05) is 0 Å². The number of halogens is 2. The van der Waals surface area contributed by atoms with Crippen LogP contribution >= 0.6 is 23.2 Å². The first-order valence-corrected chi connectivity index (χ1v) is 7.50. The number of nitrogens with zero attached hydrogens (tertiary/aromatic N) is 2. The van der Waals surface area contributed by atoms with Crippen LogP contribution in [-0.2, 0) is 4.74 Å². The van der Waals surface area contributed by atoms with Crippen molar-refractivity contribution in [2.45, 2.75) is 19.9 Å². The van der Waals surface area contributed by atoms with Gasteiger partial charge in [-0.3, -0.25) is 4.79 Å². The van der Waals surface area contributed by atoms with Gasteiger partial charge in [-0.2, -0.15) is 0 Å². The van der Waals surface area contributed by atoms with Gasteiger partial charge in [0.15, 0.2) is 5.75 Å². The number of carbonyl (C=O) groups excluding carboxylic acids is 1. The summed E-state index contributed by atoms with van der Waals surface area (Å²) in [6, 6.07) is -0.446. The van der Waals surface area contributed by atoms with Gasteiger partial charge in [-0.15, -0.1) is 0 Å². The molecule has 1 atom stereocenters. The summed E-state index contributed by atoms with van der Waals surface area (Å²) in [6.07, 6.45) is 1.52. The number of pyridine rings is 2. The van der Waals surface area contributed by atoms with E-state index in [4.69, 9.17) is 27.9 Å². The summed E-state index contributed by atoms with van der Waals surface area (Å²) in [7, 11) is 0. The molecule has 0 aliphatic carbocycles. The second-order valence-corrected chi connectivity index (χ2v) is 5.41. The third-order valence-corrected chi connectivity index (χ3v) is 3.87. The van der Waals surface area contributed by atoms with Gasteiger partial charge in [0, 0.05) is 6.20 Å². The molecule has 0 radical (unpaired) electrons. The fraction of sp³-hybridized carbons (Fsp3) is 0.357. The highest BCUT2D eigenvalue weighted by Gasteiger charge is 2.20. The van der Waals surface area contributed by atoms with E-state index in [0.717, 1.165) is 0 Å². The molecule has 7 nitrogen and oxygen atoms in total. The lowest BCUT2D eigenvalue weighted by molar-refractivity contribution is 0.103. The highest BCUT2D eigenvalue weighted by Crippen LogP contribution is 2.30. The highest BCUT2D eigenvalue weighted by molar-refractivity contribution is 6.44. The molecule has 124 valence electrons. The van der Waals surface area contributed by atoms with Crippen LogP contribution in [-0.4, -0.2) is 34.0 Å². The van der Waals surface area contributed by atoms with Crippen molar-refractivity contribution < 1.29 is 19.4 Å². The fourth-order valence-electron chi connectivity index (χ4n) is 2.00. The van der Waals surface area contributed by atoms with Gasteiger partial charge in [0.2, 0.25) is 5.43 Å². The summed E-state index contributed by atoms with van der Waals surface area (Å²) in [5.41, 5.74) is -0.282. The molecule has 0 saturated heterocycles. The molecule has 0 saturated carbocycles. The summed E-state index contributed by atoms with van der Waals surface area (Å²) >= 11 is 12.0. The van der Waals surface area contributed by atoms with Gasteiger partial charge in [-0.1, -0.05) is 23.2 Å². The third-order valence-electron chi connectivity index (χ3n) is 3.13. The quantitative estimate of drug-likeness (QED) is 0.665. The summed E-state index contributed by atoms with van der Waals surface area (Å²) in [4.78, 5) is 27.7. The number of carbonyl (C=O) groups is 1. The molecular formula is C14H14Cl2N2O5. The second-order valence-electron chi connectivity index (χ2n) is 4.67. The van der Waals surface area contributed by atoms with E-state index in [1.54, 1.807) is 13.8 Å². The van der Waals surface area contributed by atoms with Crippen LogP contribution in [0.15, 0.2) is 17.2 Å². The molecule has 0 spiro atoms. The van der Waals surface area contributed by atoms with Gasteiger partial charge in [-0.05, 0) is 13.8 Å². The van der Waals surface area contributed by atoms with E-state index < -0.39 is 17.6 Å². The molecule has 2 aromatic rings. The summed E-state index contributed by atoms with van der Waals surface area (Å²) < 4.78 is 11.1. The number of fused-ring (bicyclic) bond motifs is 1. The minimum absolute atomic E-state index is 0.0246. The van der Waals surface area contributed by atoms with E-state index in [0.29, 0.717) is 5.52 Å². The molecule has 1 unspecified atom stereocenters. The zero-order chi connectivity index (χ0) is 17.1. The van der Waals surface area contributed by atoms with Crippen LogP contribution in [0.25, 0.3) is 10.9 Å². The van der Waals surface area contributed by atoms with Crippen molar-refractivity contribution in [1.29, 1.82) is 0 Å². The Morgan fingerprint density at radius 2 is 2.17 bits per heavy atom. The largest absolute Gasteiger partial charge is 0.514 e. The highest BCUT2D eigenvalue weighted by atomic mass is 35.5. The number of aliphatic hydroxyl groups is 1. The zero-order valence-electron chi connectivity index (χ0n) is 12.4. The average molecular weight is 361 g/mol. The van der Waals surface area contributed by atoms with Crippen LogP contribution in [0, 0.1) is 0 Å². The van der Waals surface area contributed by atoms with Crippen molar-refractivity contribution >= 4 is 40.3 Å². The maximum Gasteiger partial charge on any atom is 0.514 e. The number of aromatic nitrogens is 2. The Morgan fingerprint density at radius 1 is 1.48 bits per heavy atom. The topological polar surface area (TPSA) is 90.7 Å². The Morgan fingerprint density at radius 3 is 2.78 bits per heavy atom. The van der Waals surface area contributed by atoms with Crippen LogP contribution in [0.4, 0.5) is 4.79 Å². The molecular weight excluding hydrogens is 347 g/mol. The Kier molecular flexibility index (Phi) is 5.46. The standard InChI is InChI=1S/C14H14Cl2N2O5/c1-3-22-14(21)23-9-5-18(7(2)6-19)11-8(12(9)20)4-17-13(16)10(11)15/h4-5,7,19H,3,6H2,1-2H3. The van der Waals surface area contributed by atoms with Gasteiger partial charge in [0.25, 0.3) is 0 Å². The average Bonchev–Trinajstić information content (AvgIpc) is 2.52. The summed E-state index contributed by atoms with van der Waals surface area (Å²) in [5.74, 6) is -0.253. The van der Waals surface area contributed by atoms with E-state index in [2.05, 4.69) is 9.72 Å². The minimum atomic E-state index is -1.000. The van der Waals surface area contributed by atoms with Crippen LogP contribution < -0.4 is 10.2 Å². The fourth-order valence-corrected chi connectivity index (χ4v) is 2.39. The van der Waals surface area contributed by atoms with Gasteiger partial charge >= 0.3 is 6.16 Å². The molecule has 0 amide bonds. The van der Waals surface area contributed by atoms with Crippen molar-refractivity contribution in [3.8, 4) is 5.75 Å². The summed E-state index contributed by atoms with van der Waals surface area (Å²) in [6.45, 7) is 3.19. The molecule has 0 bridgehead atoms. The lowest BCUT2D eigenvalue weighted by Gasteiger charge is -2.19. The first-order chi connectivity index (χ1) is 10.9. The van der Waals surface area contributed by atoms with Crippen LogP contribution in [0.3, 0.4) is 0 Å². The number of aliphatic hydroxyl groups excluding tert-OH is 1. The van der Waals surface area contributed by atoms with E-state index >= 15 is 0 Å². The zero-order valence-corrected chi connectivity index (χ0v) is 13.9. The predicted octanol–water partition coefficient (Wildman–Crippen LogP) is 2.79. The second kappa shape index (κ2) is 7.16. The van der Waals surface area contributed by atoms with Crippen LogP contribution in [0.2, 0.25) is 10.2 Å². The van der Waals surface area contributed by atoms with E-state index in [-0.39, 0.29) is 34.5 Å². The van der Waals surface area contributed by atoms with Gasteiger partial charge in [0.05, 0.1) is 36.4 Å². The molecule has 0 aliphatic rings. The Labute approximate surface area is 141 Å². The van der Waals surface area contributed by atoms with Crippen molar-refractivity contribution in [2.24, 2.45) is 0 Å². The first-order valence-electron chi connectivity index (χ1n) is 6.75. The van der Waals surface area contributed by atoms with Crippen molar-refractivity contribution in [2.75, 3.05) is 13.2 Å². The molecule has 9 heteroatoms. The van der Waals surface area contributed by atoms with Crippen LogP contribution in [0.1, 0.15) is 19.9 Å². The molecule has 0 aliphatic heterocycles.